The van der Waals surface area contributed by atoms with E-state index >= 15 is 0 Å². The van der Waals surface area contributed by atoms with Gasteiger partial charge >= 0.3 is 0 Å². The third-order valence-corrected chi connectivity index (χ3v) is 1.69. The molecule has 0 unspecified atom stereocenters. The number of amides is 1. The van der Waals surface area contributed by atoms with Crippen molar-refractivity contribution in [1.82, 2.24) is 5.32 Å². The summed E-state index contributed by atoms with van der Waals surface area (Å²) in [6, 6.07) is 0.210. The van der Waals surface area contributed by atoms with Gasteiger partial charge in [-0.3, -0.25) is 10.1 Å². The summed E-state index contributed by atoms with van der Waals surface area (Å²) in [4.78, 5) is 11.1. The molecule has 3 nitrogen and oxygen atoms in total. The molecule has 0 atom stereocenters. The molecule has 0 aromatic heterocycles. The molecule has 1 aromatic rings. The fourth-order valence-corrected chi connectivity index (χ4v) is 1.01. The van der Waals surface area contributed by atoms with E-state index in [1.807, 2.05) is 0 Å². The van der Waals surface area contributed by atoms with Crippen LogP contribution < -0.4 is 11.1 Å². The quantitative estimate of drug-likeness (QED) is 0.342. The van der Waals surface area contributed by atoms with Gasteiger partial charge in [-0.15, -0.1) is 0 Å². The van der Waals surface area contributed by atoms with E-state index < -0.39 is 39.9 Å². The second kappa shape index (κ2) is 4.44. The average Bonchev–Trinajstić information content (AvgIpc) is 2.19. The number of carbonyl (C=O) groups is 1. The first-order valence-electron chi connectivity index (χ1n) is 3.78. The van der Waals surface area contributed by atoms with Gasteiger partial charge in [0.2, 0.25) is 0 Å². The third kappa shape index (κ3) is 2.27. The average molecular weight is 252 g/mol. The molecule has 0 radical (unpaired) electrons. The third-order valence-electron chi connectivity index (χ3n) is 1.58. The van der Waals surface area contributed by atoms with E-state index in [0.717, 1.165) is 0 Å². The van der Waals surface area contributed by atoms with Crippen molar-refractivity contribution < 1.29 is 22.4 Å². The summed E-state index contributed by atoms with van der Waals surface area (Å²) in [5.74, 6) is -8.83. The molecule has 1 rings (SSSR count). The van der Waals surface area contributed by atoms with Gasteiger partial charge in [0, 0.05) is 0 Å². The Labute approximate surface area is 92.2 Å². The monoisotopic (exact) mass is 252 g/mol. The van der Waals surface area contributed by atoms with Crippen LogP contribution in [0.3, 0.4) is 0 Å². The maximum atomic E-state index is 13.0. The summed E-state index contributed by atoms with van der Waals surface area (Å²) in [7, 11) is 0. The number of benzene rings is 1. The van der Waals surface area contributed by atoms with Crippen LogP contribution >= 0.6 is 12.2 Å². The molecule has 86 valence electrons. The molecular weight excluding hydrogens is 248 g/mol. The van der Waals surface area contributed by atoms with Crippen molar-refractivity contribution in [1.29, 1.82) is 0 Å². The first-order valence-corrected chi connectivity index (χ1v) is 4.19. The molecule has 8 heteroatoms. The Morgan fingerprint density at radius 3 is 2.25 bits per heavy atom. The predicted molar refractivity (Wildman–Crippen MR) is 50.5 cm³/mol. The van der Waals surface area contributed by atoms with Crippen LogP contribution in [0.15, 0.2) is 6.07 Å². The standard InChI is InChI=1S/C8H4F4N2OS/c9-3-1-2(7(15)14-8(13)16)4(10)6(12)5(3)11/h1H,(H3,13,14,15,16). The van der Waals surface area contributed by atoms with Crippen LogP contribution in [0.4, 0.5) is 17.6 Å². The molecule has 0 saturated carbocycles. The predicted octanol–water partition coefficient (Wildman–Crippen LogP) is 1.22. The number of carbonyl (C=O) groups excluding carboxylic acids is 1. The molecular formula is C8H4F4N2OS. The van der Waals surface area contributed by atoms with Gasteiger partial charge in [-0.25, -0.2) is 17.6 Å². The van der Waals surface area contributed by atoms with Crippen molar-refractivity contribution in [3.63, 3.8) is 0 Å². The minimum Gasteiger partial charge on any atom is -0.376 e. The molecule has 0 bridgehead atoms. The van der Waals surface area contributed by atoms with Crippen molar-refractivity contribution in [2.75, 3.05) is 0 Å². The highest BCUT2D eigenvalue weighted by Crippen LogP contribution is 2.18. The van der Waals surface area contributed by atoms with Gasteiger partial charge in [-0.2, -0.15) is 0 Å². The first-order chi connectivity index (χ1) is 7.34. The lowest BCUT2D eigenvalue weighted by Crippen LogP contribution is -2.35. The Hall–Kier alpha value is -1.70. The maximum Gasteiger partial charge on any atom is 0.260 e. The van der Waals surface area contributed by atoms with Crippen LogP contribution in [-0.2, 0) is 0 Å². The van der Waals surface area contributed by atoms with E-state index in [2.05, 4.69) is 12.2 Å². The maximum absolute atomic E-state index is 13.0. The van der Waals surface area contributed by atoms with Gasteiger partial charge in [0.1, 0.15) is 0 Å². The molecule has 1 aromatic carbocycles. The number of nitrogens with one attached hydrogen (secondary N) is 1. The van der Waals surface area contributed by atoms with Gasteiger partial charge < -0.3 is 5.73 Å². The molecule has 0 aliphatic heterocycles. The summed E-state index contributed by atoms with van der Waals surface area (Å²) < 4.78 is 50.9. The van der Waals surface area contributed by atoms with Crippen LogP contribution in [0.1, 0.15) is 10.4 Å². The minimum atomic E-state index is -2.08. The number of halogens is 4. The van der Waals surface area contributed by atoms with Crippen LogP contribution in [0.2, 0.25) is 0 Å². The number of nitrogens with two attached hydrogens (primary N) is 1. The Morgan fingerprint density at radius 2 is 1.75 bits per heavy atom. The fraction of sp³-hybridized carbons (Fsp3) is 0. The van der Waals surface area contributed by atoms with Crippen molar-refractivity contribution >= 4 is 23.2 Å². The van der Waals surface area contributed by atoms with Crippen molar-refractivity contribution in [3.8, 4) is 0 Å². The van der Waals surface area contributed by atoms with E-state index in [9.17, 15) is 22.4 Å². The Kier molecular flexibility index (Phi) is 3.43. The van der Waals surface area contributed by atoms with E-state index in [4.69, 9.17) is 5.73 Å². The zero-order valence-corrected chi connectivity index (χ0v) is 8.30. The summed E-state index contributed by atoms with van der Waals surface area (Å²) in [6.45, 7) is 0. The van der Waals surface area contributed by atoms with Crippen molar-refractivity contribution in [3.05, 3.63) is 34.9 Å². The SMILES string of the molecule is NC(=S)NC(=O)c1cc(F)c(F)c(F)c1F. The molecule has 16 heavy (non-hydrogen) atoms. The van der Waals surface area contributed by atoms with Crippen molar-refractivity contribution in [2.24, 2.45) is 5.73 Å². The molecule has 0 saturated heterocycles. The largest absolute Gasteiger partial charge is 0.376 e. The molecule has 0 aliphatic carbocycles. The number of hydrogen-bond acceptors (Lipinski definition) is 2. The summed E-state index contributed by atoms with van der Waals surface area (Å²) in [5.41, 5.74) is 3.88. The smallest absolute Gasteiger partial charge is 0.260 e. The lowest BCUT2D eigenvalue weighted by atomic mass is 10.1. The van der Waals surface area contributed by atoms with Crippen LogP contribution in [0.5, 0.6) is 0 Å². The zero-order chi connectivity index (χ0) is 12.5. The normalized spacial score (nSPS) is 10.0. The van der Waals surface area contributed by atoms with E-state index in [1.165, 1.54) is 0 Å². The highest BCUT2D eigenvalue weighted by atomic mass is 32.1. The van der Waals surface area contributed by atoms with Crippen LogP contribution in [-0.4, -0.2) is 11.0 Å². The molecule has 0 fully saturated rings. The highest BCUT2D eigenvalue weighted by Gasteiger charge is 2.23. The highest BCUT2D eigenvalue weighted by molar-refractivity contribution is 7.80. The lowest BCUT2D eigenvalue weighted by Gasteiger charge is -2.05. The number of rotatable bonds is 1. The van der Waals surface area contributed by atoms with Gasteiger partial charge in [0.05, 0.1) is 5.56 Å². The Morgan fingerprint density at radius 1 is 1.19 bits per heavy atom. The summed E-state index contributed by atoms with van der Waals surface area (Å²) >= 11 is 4.27. The van der Waals surface area contributed by atoms with Crippen LogP contribution in [0.25, 0.3) is 0 Å². The lowest BCUT2D eigenvalue weighted by molar-refractivity contribution is 0.0971. The van der Waals surface area contributed by atoms with Gasteiger partial charge in [0.25, 0.3) is 5.91 Å². The van der Waals surface area contributed by atoms with E-state index in [0.29, 0.717) is 0 Å². The van der Waals surface area contributed by atoms with Crippen molar-refractivity contribution in [2.45, 2.75) is 0 Å². The van der Waals surface area contributed by atoms with Crippen LogP contribution in [0, 0.1) is 23.3 Å². The number of thiocarbonyl (C=S) groups is 1. The van der Waals surface area contributed by atoms with E-state index in [-0.39, 0.29) is 6.07 Å². The second-order valence-corrected chi connectivity index (χ2v) is 3.11. The molecule has 0 heterocycles. The zero-order valence-electron chi connectivity index (χ0n) is 7.48. The Bertz CT molecular complexity index is 478. The fourth-order valence-electron chi connectivity index (χ4n) is 0.917. The summed E-state index contributed by atoms with van der Waals surface area (Å²) in [6.07, 6.45) is 0. The molecule has 3 N–H and O–H groups in total. The Balaban J connectivity index is 3.25. The molecule has 0 aliphatic rings. The molecule has 0 spiro atoms. The second-order valence-electron chi connectivity index (χ2n) is 2.67. The topological polar surface area (TPSA) is 55.1 Å². The minimum absolute atomic E-state index is 0.210. The van der Waals surface area contributed by atoms with Gasteiger partial charge in [-0.05, 0) is 18.3 Å². The first kappa shape index (κ1) is 12.4. The molecule has 1 amide bonds. The van der Waals surface area contributed by atoms with E-state index in [1.54, 1.807) is 5.32 Å². The summed E-state index contributed by atoms with van der Waals surface area (Å²) in [5, 5.41) is 1.24. The number of hydrogen-bond donors (Lipinski definition) is 2. The van der Waals surface area contributed by atoms with Gasteiger partial charge in [0.15, 0.2) is 28.4 Å². The van der Waals surface area contributed by atoms with Gasteiger partial charge in [-0.1, -0.05) is 0 Å².